The monoisotopic (exact) mass is 365 g/mol. The maximum Gasteiger partial charge on any atom is 0.248 e. The van der Waals surface area contributed by atoms with Crippen LogP contribution in [0.5, 0.6) is 0 Å². The zero-order valence-corrected chi connectivity index (χ0v) is 12.0. The number of anilines is 1. The summed E-state index contributed by atoms with van der Waals surface area (Å²) in [6.07, 6.45) is 2.49. The molecule has 2 saturated carbocycles. The van der Waals surface area contributed by atoms with Gasteiger partial charge in [-0.2, -0.15) is 0 Å². The number of rotatable bonds is 2. The van der Waals surface area contributed by atoms with Gasteiger partial charge in [0.1, 0.15) is 11.6 Å². The van der Waals surface area contributed by atoms with Crippen molar-refractivity contribution in [2.45, 2.75) is 49.9 Å². The highest BCUT2D eigenvalue weighted by atomic mass is 127. The van der Waals surface area contributed by atoms with E-state index in [2.05, 4.69) is 32.6 Å². The van der Waals surface area contributed by atoms with Gasteiger partial charge >= 0.3 is 0 Å². The van der Waals surface area contributed by atoms with Crippen LogP contribution in [0, 0.1) is 3.57 Å². The molecule has 0 aliphatic heterocycles. The molecule has 6 heteroatoms. The molecular formula is C12H14F2IN3. The zero-order valence-electron chi connectivity index (χ0n) is 9.80. The van der Waals surface area contributed by atoms with Gasteiger partial charge in [-0.25, -0.2) is 18.7 Å². The van der Waals surface area contributed by atoms with E-state index >= 15 is 0 Å². The summed E-state index contributed by atoms with van der Waals surface area (Å²) in [4.78, 5) is 8.73. The van der Waals surface area contributed by atoms with E-state index in [9.17, 15) is 8.78 Å². The van der Waals surface area contributed by atoms with Crippen molar-refractivity contribution >= 4 is 28.4 Å². The number of nitrogens with zero attached hydrogens (tertiary/aromatic N) is 2. The van der Waals surface area contributed by atoms with Gasteiger partial charge in [-0.15, -0.1) is 0 Å². The lowest BCUT2D eigenvalue weighted by Gasteiger charge is -2.13. The quantitative estimate of drug-likeness (QED) is 0.817. The fourth-order valence-electron chi connectivity index (χ4n) is 2.48. The molecule has 0 bridgehead atoms. The summed E-state index contributed by atoms with van der Waals surface area (Å²) in [6.45, 7) is 0. The smallest absolute Gasteiger partial charge is 0.248 e. The van der Waals surface area contributed by atoms with E-state index in [-0.39, 0.29) is 18.8 Å². The van der Waals surface area contributed by atoms with Crippen LogP contribution in [-0.4, -0.2) is 15.9 Å². The normalized spacial score (nSPS) is 26.5. The van der Waals surface area contributed by atoms with E-state index < -0.39 is 5.92 Å². The molecule has 98 valence electrons. The highest BCUT2D eigenvalue weighted by Gasteiger charge is 2.42. The summed E-state index contributed by atoms with van der Waals surface area (Å²) in [5.74, 6) is -1.38. The topological polar surface area (TPSA) is 51.8 Å². The highest BCUT2D eigenvalue weighted by molar-refractivity contribution is 14.1. The zero-order chi connectivity index (χ0) is 12.9. The molecule has 1 heterocycles. The number of halogens is 3. The van der Waals surface area contributed by atoms with Gasteiger partial charge in [0.05, 0.1) is 9.26 Å². The average Bonchev–Trinajstić information content (AvgIpc) is 3.07. The van der Waals surface area contributed by atoms with Crippen molar-refractivity contribution in [2.75, 3.05) is 5.73 Å². The van der Waals surface area contributed by atoms with Gasteiger partial charge in [0.15, 0.2) is 0 Å². The third kappa shape index (κ3) is 2.31. The van der Waals surface area contributed by atoms with E-state index in [0.717, 1.165) is 22.1 Å². The average molecular weight is 365 g/mol. The number of nitrogen functional groups attached to an aromatic ring is 1. The Morgan fingerprint density at radius 3 is 2.44 bits per heavy atom. The molecular weight excluding hydrogens is 351 g/mol. The minimum absolute atomic E-state index is 0.0638. The molecule has 2 fully saturated rings. The molecule has 2 aliphatic carbocycles. The standard InChI is InChI=1S/C12H14F2IN3/c13-12(14)4-3-7(5-12)11-17-9(6-1-2-6)8(15)10(16)18-11/h6-7H,1-5H2,(H2,16,17,18). The summed E-state index contributed by atoms with van der Waals surface area (Å²) >= 11 is 2.15. The molecule has 0 radical (unpaired) electrons. The Hall–Kier alpha value is -0.530. The SMILES string of the molecule is Nc1nc(C2CCC(F)(F)C2)nc(C2CC2)c1I. The Morgan fingerprint density at radius 2 is 1.89 bits per heavy atom. The number of aromatic nitrogens is 2. The summed E-state index contributed by atoms with van der Waals surface area (Å²) in [7, 11) is 0. The van der Waals surface area contributed by atoms with Crippen molar-refractivity contribution in [2.24, 2.45) is 0 Å². The van der Waals surface area contributed by atoms with E-state index in [1.807, 2.05) is 0 Å². The summed E-state index contributed by atoms with van der Waals surface area (Å²) in [6, 6.07) is 0. The molecule has 3 nitrogen and oxygen atoms in total. The predicted molar refractivity (Wildman–Crippen MR) is 72.7 cm³/mol. The maximum atomic E-state index is 13.2. The molecule has 1 aromatic heterocycles. The Balaban J connectivity index is 1.93. The van der Waals surface area contributed by atoms with Crippen LogP contribution < -0.4 is 5.73 Å². The van der Waals surface area contributed by atoms with E-state index in [1.54, 1.807) is 0 Å². The second-order valence-electron chi connectivity index (χ2n) is 5.24. The fourth-order valence-corrected chi connectivity index (χ4v) is 3.16. The minimum Gasteiger partial charge on any atom is -0.383 e. The van der Waals surface area contributed by atoms with Crippen molar-refractivity contribution < 1.29 is 8.78 Å². The molecule has 1 unspecified atom stereocenters. The Bertz CT molecular complexity index is 488. The largest absolute Gasteiger partial charge is 0.383 e. The summed E-state index contributed by atoms with van der Waals surface area (Å²) in [5, 5.41) is 0. The Labute approximate surface area is 118 Å². The molecule has 1 atom stereocenters. The van der Waals surface area contributed by atoms with Gasteiger partial charge in [0.25, 0.3) is 0 Å². The number of hydrogen-bond donors (Lipinski definition) is 1. The third-order valence-corrected chi connectivity index (χ3v) is 4.76. The van der Waals surface area contributed by atoms with Crippen LogP contribution in [0.3, 0.4) is 0 Å². The van der Waals surface area contributed by atoms with Crippen LogP contribution in [0.1, 0.15) is 55.5 Å². The second kappa shape index (κ2) is 4.25. The van der Waals surface area contributed by atoms with E-state index in [0.29, 0.717) is 24.0 Å². The highest BCUT2D eigenvalue weighted by Crippen LogP contribution is 2.46. The number of nitrogens with two attached hydrogens (primary N) is 1. The molecule has 0 saturated heterocycles. The third-order valence-electron chi connectivity index (χ3n) is 3.65. The first-order valence-electron chi connectivity index (χ1n) is 6.17. The minimum atomic E-state index is -2.56. The molecule has 0 amide bonds. The summed E-state index contributed by atoms with van der Waals surface area (Å²) < 4.78 is 27.4. The van der Waals surface area contributed by atoms with Gasteiger partial charge in [0.2, 0.25) is 5.92 Å². The molecule has 1 aromatic rings. The van der Waals surface area contributed by atoms with Crippen molar-refractivity contribution in [1.29, 1.82) is 0 Å². The lowest BCUT2D eigenvalue weighted by Crippen LogP contribution is -2.12. The molecule has 18 heavy (non-hydrogen) atoms. The Kier molecular flexibility index (Phi) is 2.95. The van der Waals surface area contributed by atoms with Gasteiger partial charge in [-0.1, -0.05) is 0 Å². The van der Waals surface area contributed by atoms with Gasteiger partial charge in [0, 0.05) is 24.7 Å². The van der Waals surface area contributed by atoms with Crippen LogP contribution >= 0.6 is 22.6 Å². The fraction of sp³-hybridized carbons (Fsp3) is 0.667. The molecule has 2 N–H and O–H groups in total. The van der Waals surface area contributed by atoms with E-state index in [1.165, 1.54) is 0 Å². The first kappa shape index (κ1) is 12.5. The van der Waals surface area contributed by atoms with Crippen LogP contribution in [0.4, 0.5) is 14.6 Å². The Morgan fingerprint density at radius 1 is 1.17 bits per heavy atom. The van der Waals surface area contributed by atoms with Gasteiger partial charge in [-0.05, 0) is 41.9 Å². The lowest BCUT2D eigenvalue weighted by atomic mass is 10.1. The first-order valence-corrected chi connectivity index (χ1v) is 7.25. The van der Waals surface area contributed by atoms with Crippen LogP contribution in [0.2, 0.25) is 0 Å². The van der Waals surface area contributed by atoms with Crippen molar-refractivity contribution in [3.63, 3.8) is 0 Å². The second-order valence-corrected chi connectivity index (χ2v) is 6.31. The predicted octanol–water partition coefficient (Wildman–Crippen LogP) is 3.44. The molecule has 0 spiro atoms. The molecule has 3 rings (SSSR count). The van der Waals surface area contributed by atoms with Crippen LogP contribution in [0.15, 0.2) is 0 Å². The van der Waals surface area contributed by atoms with Crippen LogP contribution in [-0.2, 0) is 0 Å². The lowest BCUT2D eigenvalue weighted by molar-refractivity contribution is 0.00753. The molecule has 2 aliphatic rings. The van der Waals surface area contributed by atoms with Gasteiger partial charge < -0.3 is 5.73 Å². The number of alkyl halides is 2. The van der Waals surface area contributed by atoms with E-state index in [4.69, 9.17) is 5.73 Å². The van der Waals surface area contributed by atoms with Crippen molar-refractivity contribution in [3.8, 4) is 0 Å². The molecule has 0 aromatic carbocycles. The number of hydrogen-bond acceptors (Lipinski definition) is 3. The van der Waals surface area contributed by atoms with Crippen molar-refractivity contribution in [3.05, 3.63) is 15.1 Å². The first-order chi connectivity index (χ1) is 8.46. The summed E-state index contributed by atoms with van der Waals surface area (Å²) in [5.41, 5.74) is 6.84. The maximum absolute atomic E-state index is 13.2. The van der Waals surface area contributed by atoms with Crippen LogP contribution in [0.25, 0.3) is 0 Å². The van der Waals surface area contributed by atoms with Gasteiger partial charge in [-0.3, -0.25) is 0 Å². The van der Waals surface area contributed by atoms with Crippen molar-refractivity contribution in [1.82, 2.24) is 9.97 Å².